The fourth-order valence-electron chi connectivity index (χ4n) is 2.45. The minimum Gasteiger partial charge on any atom is -0.343 e. The second kappa shape index (κ2) is 6.33. The molecule has 2 fully saturated rings. The van der Waals surface area contributed by atoms with Crippen LogP contribution in [0.15, 0.2) is 0 Å². The lowest BCUT2D eigenvalue weighted by atomic mass is 10.3. The molecule has 2 aliphatic heterocycles. The SMILES string of the molecule is CN1CCN(CCN2CCN(C=O)CC2)CC1. The average Bonchev–Trinajstić information content (AvgIpc) is 2.39. The number of amides is 1. The van der Waals surface area contributed by atoms with E-state index in [0.717, 1.165) is 39.1 Å². The average molecular weight is 240 g/mol. The van der Waals surface area contributed by atoms with E-state index in [0.29, 0.717) is 0 Å². The zero-order valence-corrected chi connectivity index (χ0v) is 10.8. The lowest BCUT2D eigenvalue weighted by Crippen LogP contribution is -2.50. The van der Waals surface area contributed by atoms with E-state index in [-0.39, 0.29) is 0 Å². The molecule has 0 aromatic carbocycles. The summed E-state index contributed by atoms with van der Waals surface area (Å²) in [5.74, 6) is 0. The van der Waals surface area contributed by atoms with E-state index in [2.05, 4.69) is 21.7 Å². The third-order valence-electron chi connectivity index (χ3n) is 3.88. The molecule has 0 radical (unpaired) electrons. The molecule has 5 heteroatoms. The molecule has 17 heavy (non-hydrogen) atoms. The van der Waals surface area contributed by atoms with Crippen LogP contribution in [0.25, 0.3) is 0 Å². The summed E-state index contributed by atoms with van der Waals surface area (Å²) in [5, 5.41) is 0. The summed E-state index contributed by atoms with van der Waals surface area (Å²) in [6.07, 6.45) is 0.970. The van der Waals surface area contributed by atoms with Gasteiger partial charge in [0, 0.05) is 65.4 Å². The molecule has 0 saturated carbocycles. The van der Waals surface area contributed by atoms with Crippen LogP contribution in [-0.2, 0) is 4.79 Å². The molecule has 5 nitrogen and oxygen atoms in total. The van der Waals surface area contributed by atoms with Crippen LogP contribution in [-0.4, -0.2) is 98.5 Å². The van der Waals surface area contributed by atoms with Crippen LogP contribution in [0.2, 0.25) is 0 Å². The first-order chi connectivity index (χ1) is 8.28. The van der Waals surface area contributed by atoms with Crippen molar-refractivity contribution >= 4 is 6.41 Å². The highest BCUT2D eigenvalue weighted by Crippen LogP contribution is 2.02. The maximum absolute atomic E-state index is 10.6. The van der Waals surface area contributed by atoms with Gasteiger partial charge in [0.25, 0.3) is 0 Å². The highest BCUT2D eigenvalue weighted by Gasteiger charge is 2.17. The Labute approximate surface area is 104 Å². The molecule has 0 aliphatic carbocycles. The van der Waals surface area contributed by atoms with Gasteiger partial charge in [0.1, 0.15) is 0 Å². The number of carbonyl (C=O) groups is 1. The number of carbonyl (C=O) groups excluding carboxylic acids is 1. The number of hydrogen-bond acceptors (Lipinski definition) is 4. The zero-order chi connectivity index (χ0) is 12.1. The molecule has 0 N–H and O–H groups in total. The van der Waals surface area contributed by atoms with Crippen molar-refractivity contribution in [2.75, 3.05) is 72.5 Å². The summed E-state index contributed by atoms with van der Waals surface area (Å²) in [4.78, 5) is 19.9. The van der Waals surface area contributed by atoms with Crippen molar-refractivity contribution in [2.45, 2.75) is 0 Å². The Morgan fingerprint density at radius 1 is 0.824 bits per heavy atom. The van der Waals surface area contributed by atoms with Crippen LogP contribution in [0.1, 0.15) is 0 Å². The van der Waals surface area contributed by atoms with Crippen LogP contribution in [0.5, 0.6) is 0 Å². The molecule has 0 unspecified atom stereocenters. The van der Waals surface area contributed by atoms with Crippen molar-refractivity contribution in [1.29, 1.82) is 0 Å². The highest BCUT2D eigenvalue weighted by atomic mass is 16.1. The molecule has 0 aromatic heterocycles. The summed E-state index contributed by atoms with van der Waals surface area (Å²) in [7, 11) is 2.19. The van der Waals surface area contributed by atoms with E-state index >= 15 is 0 Å². The van der Waals surface area contributed by atoms with Gasteiger partial charge in [-0.2, -0.15) is 0 Å². The molecule has 2 heterocycles. The van der Waals surface area contributed by atoms with E-state index in [1.54, 1.807) is 0 Å². The van der Waals surface area contributed by atoms with Gasteiger partial charge >= 0.3 is 0 Å². The van der Waals surface area contributed by atoms with E-state index in [4.69, 9.17) is 0 Å². The Bertz CT molecular complexity index is 233. The summed E-state index contributed by atoms with van der Waals surface area (Å²) in [6.45, 7) is 11.0. The lowest BCUT2D eigenvalue weighted by molar-refractivity contribution is -0.119. The van der Waals surface area contributed by atoms with Gasteiger partial charge in [-0.3, -0.25) is 14.6 Å². The Kier molecular flexibility index (Phi) is 4.76. The van der Waals surface area contributed by atoms with Crippen LogP contribution in [0.4, 0.5) is 0 Å². The van der Waals surface area contributed by atoms with Crippen molar-refractivity contribution in [2.24, 2.45) is 0 Å². The quantitative estimate of drug-likeness (QED) is 0.590. The minimum absolute atomic E-state index is 0.895. The molecule has 1 amide bonds. The molecule has 2 rings (SSSR count). The fraction of sp³-hybridized carbons (Fsp3) is 0.917. The molecule has 0 atom stereocenters. The summed E-state index contributed by atoms with van der Waals surface area (Å²) in [5.41, 5.74) is 0. The largest absolute Gasteiger partial charge is 0.343 e. The second-order valence-corrected chi connectivity index (χ2v) is 5.13. The first-order valence-electron chi connectivity index (χ1n) is 6.60. The number of rotatable bonds is 4. The summed E-state index contributed by atoms with van der Waals surface area (Å²) < 4.78 is 0. The number of nitrogens with zero attached hydrogens (tertiary/aromatic N) is 4. The minimum atomic E-state index is 0.895. The van der Waals surface area contributed by atoms with E-state index in [9.17, 15) is 4.79 Å². The van der Waals surface area contributed by atoms with Gasteiger partial charge < -0.3 is 9.80 Å². The van der Waals surface area contributed by atoms with Gasteiger partial charge in [0.15, 0.2) is 0 Å². The highest BCUT2D eigenvalue weighted by molar-refractivity contribution is 5.47. The fourth-order valence-corrected chi connectivity index (χ4v) is 2.45. The maximum Gasteiger partial charge on any atom is 0.209 e. The third kappa shape index (κ3) is 3.94. The Hall–Kier alpha value is -0.650. The lowest BCUT2D eigenvalue weighted by Gasteiger charge is -2.36. The van der Waals surface area contributed by atoms with Crippen molar-refractivity contribution in [3.63, 3.8) is 0 Å². The van der Waals surface area contributed by atoms with Gasteiger partial charge in [-0.05, 0) is 7.05 Å². The third-order valence-corrected chi connectivity index (χ3v) is 3.88. The summed E-state index contributed by atoms with van der Waals surface area (Å²) >= 11 is 0. The molecule has 0 bridgehead atoms. The van der Waals surface area contributed by atoms with Gasteiger partial charge in [-0.1, -0.05) is 0 Å². The Balaban J connectivity index is 1.61. The van der Waals surface area contributed by atoms with Crippen LogP contribution in [0.3, 0.4) is 0 Å². The van der Waals surface area contributed by atoms with Crippen LogP contribution in [0, 0.1) is 0 Å². The van der Waals surface area contributed by atoms with Crippen LogP contribution >= 0.6 is 0 Å². The molecule has 0 aromatic rings. The number of likely N-dealkylation sites (N-methyl/N-ethyl adjacent to an activating group) is 1. The monoisotopic (exact) mass is 240 g/mol. The molecule has 0 spiro atoms. The van der Waals surface area contributed by atoms with E-state index in [1.165, 1.54) is 32.7 Å². The maximum atomic E-state index is 10.6. The molecular weight excluding hydrogens is 216 g/mol. The molecule has 2 aliphatic rings. The Morgan fingerprint density at radius 3 is 1.76 bits per heavy atom. The normalized spacial score (nSPS) is 25.1. The van der Waals surface area contributed by atoms with Gasteiger partial charge in [-0.15, -0.1) is 0 Å². The van der Waals surface area contributed by atoms with Crippen molar-refractivity contribution in [1.82, 2.24) is 19.6 Å². The number of piperazine rings is 2. The zero-order valence-electron chi connectivity index (χ0n) is 10.8. The first-order valence-corrected chi connectivity index (χ1v) is 6.60. The van der Waals surface area contributed by atoms with Crippen LogP contribution < -0.4 is 0 Å². The predicted molar refractivity (Wildman–Crippen MR) is 68.0 cm³/mol. The van der Waals surface area contributed by atoms with Crippen molar-refractivity contribution in [3.05, 3.63) is 0 Å². The van der Waals surface area contributed by atoms with E-state index in [1.807, 2.05) is 4.90 Å². The predicted octanol–water partition coefficient (Wildman–Crippen LogP) is -0.992. The van der Waals surface area contributed by atoms with Crippen molar-refractivity contribution < 1.29 is 4.79 Å². The second-order valence-electron chi connectivity index (χ2n) is 5.13. The summed E-state index contributed by atoms with van der Waals surface area (Å²) in [6, 6.07) is 0. The Morgan fingerprint density at radius 2 is 1.29 bits per heavy atom. The first kappa shape index (κ1) is 12.8. The smallest absolute Gasteiger partial charge is 0.209 e. The van der Waals surface area contributed by atoms with Gasteiger partial charge in [-0.25, -0.2) is 0 Å². The number of hydrogen-bond donors (Lipinski definition) is 0. The molecular formula is C12H24N4O. The van der Waals surface area contributed by atoms with E-state index < -0.39 is 0 Å². The topological polar surface area (TPSA) is 30.0 Å². The molecule has 2 saturated heterocycles. The van der Waals surface area contributed by atoms with Gasteiger partial charge in [0.2, 0.25) is 6.41 Å². The van der Waals surface area contributed by atoms with Crippen molar-refractivity contribution in [3.8, 4) is 0 Å². The molecule has 98 valence electrons. The van der Waals surface area contributed by atoms with Gasteiger partial charge in [0.05, 0.1) is 0 Å². The standard InChI is InChI=1S/C12H24N4O/c1-13-2-4-14(5-3-13)6-7-15-8-10-16(12-17)11-9-15/h12H,2-11H2,1H3.